The van der Waals surface area contributed by atoms with Crippen LogP contribution < -0.4 is 10.1 Å². The first-order valence-electron chi connectivity index (χ1n) is 8.97. The van der Waals surface area contributed by atoms with Crippen LogP contribution in [0.4, 0.5) is 0 Å². The molecule has 1 aromatic heterocycles. The molecule has 0 bridgehead atoms. The molecule has 1 aliphatic carbocycles. The van der Waals surface area contributed by atoms with Crippen LogP contribution in [0.5, 0.6) is 5.75 Å². The van der Waals surface area contributed by atoms with E-state index < -0.39 is 0 Å². The third-order valence-corrected chi connectivity index (χ3v) is 5.11. The van der Waals surface area contributed by atoms with Crippen LogP contribution in [0, 0.1) is 6.92 Å². The number of benzene rings is 2. The van der Waals surface area contributed by atoms with E-state index in [4.69, 9.17) is 4.74 Å². The molecule has 1 N–H and O–H groups in total. The van der Waals surface area contributed by atoms with Crippen LogP contribution in [-0.4, -0.2) is 17.1 Å². The lowest BCUT2D eigenvalue weighted by molar-refractivity contribution is 0.414. The summed E-state index contributed by atoms with van der Waals surface area (Å²) in [7, 11) is 1.70. The quantitative estimate of drug-likeness (QED) is 0.726. The molecular formula is C22H23N3O. The van der Waals surface area contributed by atoms with Gasteiger partial charge in [-0.05, 0) is 43.0 Å². The molecule has 0 spiro atoms. The standard InChI is InChI=1S/C22H23N3O/c1-16-5-3-4-6-20(16)21-23-13-17(14-24-21)15-25-22(11-12-22)18-7-9-19(26-2)10-8-18/h3-10,13-14,25H,11-12,15H2,1-2H3. The summed E-state index contributed by atoms with van der Waals surface area (Å²) in [5.74, 6) is 1.67. The molecule has 0 radical (unpaired) electrons. The highest BCUT2D eigenvalue weighted by atomic mass is 16.5. The first-order chi connectivity index (χ1) is 12.7. The summed E-state index contributed by atoms with van der Waals surface area (Å²) in [6, 6.07) is 16.5. The molecule has 4 rings (SSSR count). The van der Waals surface area contributed by atoms with Crippen molar-refractivity contribution in [2.75, 3.05) is 7.11 Å². The van der Waals surface area contributed by atoms with Crippen molar-refractivity contribution in [3.63, 3.8) is 0 Å². The molecule has 2 aromatic carbocycles. The Labute approximate surface area is 154 Å². The van der Waals surface area contributed by atoms with Crippen molar-refractivity contribution in [2.24, 2.45) is 0 Å². The molecule has 4 heteroatoms. The van der Waals surface area contributed by atoms with Gasteiger partial charge < -0.3 is 10.1 Å². The van der Waals surface area contributed by atoms with Gasteiger partial charge in [-0.1, -0.05) is 36.4 Å². The minimum atomic E-state index is 0.0843. The Balaban J connectivity index is 1.44. The molecule has 1 heterocycles. The number of nitrogens with zero attached hydrogens (tertiary/aromatic N) is 2. The lowest BCUT2D eigenvalue weighted by Crippen LogP contribution is -2.28. The van der Waals surface area contributed by atoms with Crippen molar-refractivity contribution >= 4 is 0 Å². The van der Waals surface area contributed by atoms with E-state index in [2.05, 4.69) is 46.5 Å². The van der Waals surface area contributed by atoms with Crippen molar-refractivity contribution in [1.82, 2.24) is 15.3 Å². The summed E-state index contributed by atoms with van der Waals surface area (Å²) in [6.07, 6.45) is 6.15. The molecule has 1 fully saturated rings. The maximum atomic E-state index is 5.25. The summed E-state index contributed by atoms with van der Waals surface area (Å²) < 4.78 is 5.25. The lowest BCUT2D eigenvalue weighted by Gasteiger charge is -2.18. The molecule has 0 aliphatic heterocycles. The third-order valence-electron chi connectivity index (χ3n) is 5.11. The second-order valence-electron chi connectivity index (χ2n) is 6.89. The molecule has 1 saturated carbocycles. The van der Waals surface area contributed by atoms with Gasteiger partial charge in [0.1, 0.15) is 5.75 Å². The Hall–Kier alpha value is -2.72. The Bertz CT molecular complexity index is 884. The average Bonchev–Trinajstić information content (AvgIpc) is 3.49. The molecule has 0 unspecified atom stereocenters. The van der Waals surface area contributed by atoms with Gasteiger partial charge in [-0.15, -0.1) is 0 Å². The van der Waals surface area contributed by atoms with Gasteiger partial charge in [-0.3, -0.25) is 0 Å². The van der Waals surface area contributed by atoms with E-state index in [1.807, 2.05) is 36.7 Å². The van der Waals surface area contributed by atoms with Gasteiger partial charge in [0.25, 0.3) is 0 Å². The number of aryl methyl sites for hydroxylation is 1. The van der Waals surface area contributed by atoms with E-state index in [-0.39, 0.29) is 5.54 Å². The summed E-state index contributed by atoms with van der Waals surface area (Å²) in [6.45, 7) is 2.85. The zero-order chi connectivity index (χ0) is 18.0. The van der Waals surface area contributed by atoms with Gasteiger partial charge in [0, 0.05) is 35.6 Å². The SMILES string of the molecule is COc1ccc(C2(NCc3cnc(-c4ccccc4C)nc3)CC2)cc1. The second-order valence-corrected chi connectivity index (χ2v) is 6.89. The molecule has 1 aliphatic rings. The third kappa shape index (κ3) is 3.33. The number of methoxy groups -OCH3 is 1. The number of nitrogens with one attached hydrogen (secondary N) is 1. The van der Waals surface area contributed by atoms with Crippen molar-refractivity contribution in [2.45, 2.75) is 31.8 Å². The van der Waals surface area contributed by atoms with Crippen molar-refractivity contribution in [3.05, 3.63) is 77.6 Å². The molecule has 3 aromatic rings. The highest BCUT2D eigenvalue weighted by Gasteiger charge is 2.43. The van der Waals surface area contributed by atoms with Crippen LogP contribution in [0.2, 0.25) is 0 Å². The van der Waals surface area contributed by atoms with E-state index in [0.717, 1.165) is 42.1 Å². The number of ether oxygens (including phenoxy) is 1. The Morgan fingerprint density at radius 2 is 1.69 bits per heavy atom. The number of hydrogen-bond donors (Lipinski definition) is 1. The van der Waals surface area contributed by atoms with E-state index in [9.17, 15) is 0 Å². The van der Waals surface area contributed by atoms with Gasteiger partial charge in [-0.2, -0.15) is 0 Å². The largest absolute Gasteiger partial charge is 0.497 e. The molecule has 132 valence electrons. The molecule has 4 nitrogen and oxygen atoms in total. The van der Waals surface area contributed by atoms with Gasteiger partial charge >= 0.3 is 0 Å². The molecule has 0 amide bonds. The van der Waals surface area contributed by atoms with Gasteiger partial charge in [0.2, 0.25) is 0 Å². The van der Waals surface area contributed by atoms with E-state index in [1.165, 1.54) is 11.1 Å². The normalized spacial score (nSPS) is 14.8. The first-order valence-corrected chi connectivity index (χ1v) is 8.97. The van der Waals surface area contributed by atoms with Crippen LogP contribution in [-0.2, 0) is 12.1 Å². The molecular weight excluding hydrogens is 322 g/mol. The maximum Gasteiger partial charge on any atom is 0.159 e. The highest BCUT2D eigenvalue weighted by molar-refractivity contribution is 5.59. The Kier molecular flexibility index (Phi) is 4.43. The average molecular weight is 345 g/mol. The summed E-state index contributed by atoms with van der Waals surface area (Å²) in [4.78, 5) is 9.12. The Morgan fingerprint density at radius 1 is 1.00 bits per heavy atom. The van der Waals surface area contributed by atoms with Crippen LogP contribution in [0.3, 0.4) is 0 Å². The minimum absolute atomic E-state index is 0.0843. The zero-order valence-corrected chi connectivity index (χ0v) is 15.2. The lowest BCUT2D eigenvalue weighted by atomic mass is 10.0. The molecule has 26 heavy (non-hydrogen) atoms. The van der Waals surface area contributed by atoms with Crippen molar-refractivity contribution in [1.29, 1.82) is 0 Å². The van der Waals surface area contributed by atoms with E-state index >= 15 is 0 Å². The number of aromatic nitrogens is 2. The summed E-state index contributed by atoms with van der Waals surface area (Å²) >= 11 is 0. The Morgan fingerprint density at radius 3 is 2.31 bits per heavy atom. The van der Waals surface area contributed by atoms with Crippen molar-refractivity contribution < 1.29 is 4.74 Å². The minimum Gasteiger partial charge on any atom is -0.497 e. The van der Waals surface area contributed by atoms with Crippen LogP contribution in [0.15, 0.2) is 60.9 Å². The summed E-state index contributed by atoms with van der Waals surface area (Å²) in [5, 5.41) is 3.69. The fraction of sp³-hybridized carbons (Fsp3) is 0.273. The van der Waals surface area contributed by atoms with Crippen LogP contribution in [0.1, 0.15) is 29.5 Å². The fourth-order valence-corrected chi connectivity index (χ4v) is 3.28. The fourth-order valence-electron chi connectivity index (χ4n) is 3.28. The molecule has 0 saturated heterocycles. The number of rotatable bonds is 6. The van der Waals surface area contributed by atoms with E-state index in [1.54, 1.807) is 7.11 Å². The smallest absolute Gasteiger partial charge is 0.159 e. The van der Waals surface area contributed by atoms with Gasteiger partial charge in [-0.25, -0.2) is 9.97 Å². The van der Waals surface area contributed by atoms with Crippen molar-refractivity contribution in [3.8, 4) is 17.1 Å². The highest BCUT2D eigenvalue weighted by Crippen LogP contribution is 2.46. The zero-order valence-electron chi connectivity index (χ0n) is 15.2. The predicted octanol–water partition coefficient (Wildman–Crippen LogP) is 4.24. The molecule has 0 atom stereocenters. The topological polar surface area (TPSA) is 47.0 Å². The number of hydrogen-bond acceptors (Lipinski definition) is 4. The first kappa shape index (κ1) is 16.7. The van der Waals surface area contributed by atoms with Crippen LogP contribution in [0.25, 0.3) is 11.4 Å². The van der Waals surface area contributed by atoms with E-state index in [0.29, 0.717) is 0 Å². The maximum absolute atomic E-state index is 5.25. The predicted molar refractivity (Wildman–Crippen MR) is 103 cm³/mol. The summed E-state index contributed by atoms with van der Waals surface area (Å²) in [5.41, 5.74) is 4.78. The van der Waals surface area contributed by atoms with Gasteiger partial charge in [0.15, 0.2) is 5.82 Å². The monoisotopic (exact) mass is 345 g/mol. The second kappa shape index (κ2) is 6.89. The van der Waals surface area contributed by atoms with Gasteiger partial charge in [0.05, 0.1) is 7.11 Å². The van der Waals surface area contributed by atoms with Crippen LogP contribution >= 0.6 is 0 Å².